The van der Waals surface area contributed by atoms with Crippen LogP contribution < -0.4 is 5.32 Å². The first-order valence-corrected chi connectivity index (χ1v) is 8.41. The maximum absolute atomic E-state index is 3.70. The maximum atomic E-state index is 3.70. The number of hydrogen-bond acceptors (Lipinski definition) is 2. The van der Waals surface area contributed by atoms with Crippen LogP contribution in [0.2, 0.25) is 0 Å². The molecule has 1 aliphatic carbocycles. The molecule has 100 valence electrons. The third-order valence-corrected chi connectivity index (χ3v) is 6.28. The van der Waals surface area contributed by atoms with Crippen molar-refractivity contribution >= 4 is 27.3 Å². The van der Waals surface area contributed by atoms with Crippen molar-refractivity contribution in [2.75, 3.05) is 7.05 Å². The van der Waals surface area contributed by atoms with Crippen LogP contribution in [0, 0.1) is 0 Å². The summed E-state index contributed by atoms with van der Waals surface area (Å²) in [6, 6.07) is 13.5. The molecule has 1 saturated carbocycles. The van der Waals surface area contributed by atoms with Crippen LogP contribution in [0.4, 0.5) is 0 Å². The Morgan fingerprint density at radius 3 is 2.42 bits per heavy atom. The molecule has 0 spiro atoms. The van der Waals surface area contributed by atoms with Gasteiger partial charge in [-0.2, -0.15) is 0 Å². The Hall–Kier alpha value is -0.640. The molecule has 1 unspecified atom stereocenters. The van der Waals surface area contributed by atoms with Crippen LogP contribution >= 0.6 is 27.3 Å². The highest BCUT2D eigenvalue weighted by atomic mass is 79.9. The molecule has 1 heterocycles. The van der Waals surface area contributed by atoms with Crippen LogP contribution in [0.5, 0.6) is 0 Å². The molecule has 1 aliphatic rings. The van der Waals surface area contributed by atoms with Crippen molar-refractivity contribution in [3.05, 3.63) is 56.7 Å². The molecule has 0 saturated heterocycles. The van der Waals surface area contributed by atoms with Gasteiger partial charge in [-0.1, -0.05) is 36.8 Å². The summed E-state index contributed by atoms with van der Waals surface area (Å²) in [5.74, 6) is 0. The third kappa shape index (κ3) is 2.18. The lowest BCUT2D eigenvalue weighted by Gasteiger charge is -2.48. The largest absolute Gasteiger partial charge is 0.312 e. The molecule has 3 heteroatoms. The molecule has 1 fully saturated rings. The third-order valence-electron chi connectivity index (χ3n) is 4.34. The predicted octanol–water partition coefficient (Wildman–Crippen LogP) is 4.89. The minimum atomic E-state index is 0.267. The Balaban J connectivity index is 2.04. The first-order chi connectivity index (χ1) is 9.28. The molecule has 1 aromatic heterocycles. The van der Waals surface area contributed by atoms with Crippen LogP contribution in [-0.2, 0) is 5.41 Å². The van der Waals surface area contributed by atoms with E-state index in [9.17, 15) is 0 Å². The van der Waals surface area contributed by atoms with E-state index in [4.69, 9.17) is 0 Å². The number of likely N-dealkylation sites (N-methyl/N-ethyl adjacent to an activating group) is 1. The fourth-order valence-corrected chi connectivity index (χ4v) is 5.07. The molecule has 2 aromatic rings. The quantitative estimate of drug-likeness (QED) is 0.838. The summed E-state index contributed by atoms with van der Waals surface area (Å²) < 4.78 is 1.24. The van der Waals surface area contributed by atoms with Crippen molar-refractivity contribution in [3.8, 4) is 0 Å². The van der Waals surface area contributed by atoms with Gasteiger partial charge in [-0.25, -0.2) is 0 Å². The minimum absolute atomic E-state index is 0.267. The highest BCUT2D eigenvalue weighted by Crippen LogP contribution is 2.53. The summed E-state index contributed by atoms with van der Waals surface area (Å²) in [4.78, 5) is 1.42. The second kappa shape index (κ2) is 5.39. The van der Waals surface area contributed by atoms with Crippen molar-refractivity contribution < 1.29 is 0 Å². The number of nitrogens with one attached hydrogen (secondary N) is 1. The molecule has 0 radical (unpaired) electrons. The number of benzene rings is 1. The SMILES string of the molecule is CNC(c1sccc1Br)C1(c2ccccc2)CCC1. The van der Waals surface area contributed by atoms with Gasteiger partial charge >= 0.3 is 0 Å². The molecular weight excluding hydrogens is 318 g/mol. The second-order valence-electron chi connectivity index (χ2n) is 5.23. The summed E-state index contributed by atoms with van der Waals surface area (Å²) in [5.41, 5.74) is 1.74. The lowest BCUT2D eigenvalue weighted by molar-refractivity contribution is 0.177. The van der Waals surface area contributed by atoms with Crippen LogP contribution in [0.15, 0.2) is 46.3 Å². The van der Waals surface area contributed by atoms with Gasteiger partial charge in [0.1, 0.15) is 0 Å². The van der Waals surface area contributed by atoms with Crippen molar-refractivity contribution in [2.24, 2.45) is 0 Å². The van der Waals surface area contributed by atoms with Gasteiger partial charge in [0.25, 0.3) is 0 Å². The zero-order chi connectivity index (χ0) is 13.3. The van der Waals surface area contributed by atoms with Crippen molar-refractivity contribution in [3.63, 3.8) is 0 Å². The van der Waals surface area contributed by atoms with Gasteiger partial charge in [-0.15, -0.1) is 11.3 Å². The average molecular weight is 336 g/mol. The molecule has 0 amide bonds. The van der Waals surface area contributed by atoms with Gasteiger partial charge < -0.3 is 5.32 Å². The Morgan fingerprint density at radius 1 is 1.21 bits per heavy atom. The molecule has 0 aliphatic heterocycles. The van der Waals surface area contributed by atoms with E-state index < -0.39 is 0 Å². The fourth-order valence-electron chi connectivity index (χ4n) is 3.24. The molecule has 1 nitrogen and oxygen atoms in total. The maximum Gasteiger partial charge on any atom is 0.0521 e. The Morgan fingerprint density at radius 2 is 1.95 bits per heavy atom. The van der Waals surface area contributed by atoms with Gasteiger partial charge in [0, 0.05) is 14.8 Å². The number of halogens is 1. The van der Waals surface area contributed by atoms with Gasteiger partial charge in [-0.05, 0) is 52.8 Å². The molecule has 1 atom stereocenters. The molecule has 3 rings (SSSR count). The van der Waals surface area contributed by atoms with E-state index in [0.717, 1.165) is 0 Å². The Labute approximate surface area is 127 Å². The molecule has 0 bridgehead atoms. The highest BCUT2D eigenvalue weighted by Gasteiger charge is 2.46. The molecule has 1 aromatic carbocycles. The number of rotatable bonds is 4. The summed E-state index contributed by atoms with van der Waals surface area (Å²) in [7, 11) is 2.08. The van der Waals surface area contributed by atoms with Crippen molar-refractivity contribution in [1.29, 1.82) is 0 Å². The summed E-state index contributed by atoms with van der Waals surface area (Å²) in [6.07, 6.45) is 3.87. The monoisotopic (exact) mass is 335 g/mol. The summed E-state index contributed by atoms with van der Waals surface area (Å²) >= 11 is 5.54. The van der Waals surface area contributed by atoms with Crippen LogP contribution in [-0.4, -0.2) is 7.05 Å². The molecule has 1 N–H and O–H groups in total. The van der Waals surface area contributed by atoms with E-state index in [1.807, 2.05) is 11.3 Å². The topological polar surface area (TPSA) is 12.0 Å². The zero-order valence-corrected chi connectivity index (χ0v) is 13.4. The Kier molecular flexibility index (Phi) is 3.79. The highest BCUT2D eigenvalue weighted by molar-refractivity contribution is 9.10. The van der Waals surface area contributed by atoms with E-state index in [2.05, 4.69) is 70.1 Å². The van der Waals surface area contributed by atoms with E-state index in [-0.39, 0.29) is 5.41 Å². The van der Waals surface area contributed by atoms with Gasteiger partial charge in [-0.3, -0.25) is 0 Å². The molecule has 19 heavy (non-hydrogen) atoms. The summed E-state index contributed by atoms with van der Waals surface area (Å²) in [6.45, 7) is 0. The average Bonchev–Trinajstić information content (AvgIpc) is 2.81. The van der Waals surface area contributed by atoms with Crippen molar-refractivity contribution in [1.82, 2.24) is 5.32 Å². The van der Waals surface area contributed by atoms with Crippen LogP contribution in [0.1, 0.15) is 35.7 Å². The molecular formula is C16H18BrNS. The fraction of sp³-hybridized carbons (Fsp3) is 0.375. The standard InChI is InChI=1S/C16H18BrNS/c1-18-15(14-13(17)8-11-19-14)16(9-5-10-16)12-6-3-2-4-7-12/h2-4,6-8,11,15,18H,5,9-10H2,1H3. The lowest BCUT2D eigenvalue weighted by Crippen LogP contribution is -2.45. The van der Waals surface area contributed by atoms with E-state index in [1.54, 1.807) is 0 Å². The lowest BCUT2D eigenvalue weighted by atomic mass is 9.60. The van der Waals surface area contributed by atoms with E-state index in [1.165, 1.54) is 34.2 Å². The first-order valence-electron chi connectivity index (χ1n) is 6.73. The van der Waals surface area contributed by atoms with Gasteiger partial charge in [0.05, 0.1) is 6.04 Å². The minimum Gasteiger partial charge on any atom is -0.312 e. The van der Waals surface area contributed by atoms with E-state index >= 15 is 0 Å². The van der Waals surface area contributed by atoms with Gasteiger partial charge in [0.15, 0.2) is 0 Å². The predicted molar refractivity (Wildman–Crippen MR) is 85.8 cm³/mol. The Bertz CT molecular complexity index is 545. The smallest absolute Gasteiger partial charge is 0.0521 e. The van der Waals surface area contributed by atoms with Crippen LogP contribution in [0.3, 0.4) is 0 Å². The second-order valence-corrected chi connectivity index (χ2v) is 7.03. The van der Waals surface area contributed by atoms with Crippen LogP contribution in [0.25, 0.3) is 0 Å². The first kappa shape index (κ1) is 13.3. The normalized spacial score (nSPS) is 18.8. The zero-order valence-electron chi connectivity index (χ0n) is 11.0. The summed E-state index contributed by atoms with van der Waals surface area (Å²) in [5, 5.41) is 5.73. The number of thiophene rings is 1. The number of hydrogen-bond donors (Lipinski definition) is 1. The van der Waals surface area contributed by atoms with E-state index in [0.29, 0.717) is 6.04 Å². The van der Waals surface area contributed by atoms with Crippen molar-refractivity contribution in [2.45, 2.75) is 30.7 Å². The van der Waals surface area contributed by atoms with Gasteiger partial charge in [0.2, 0.25) is 0 Å².